The monoisotopic (exact) mass is 482 g/mol. The molecule has 186 valence electrons. The average Bonchev–Trinajstić information content (AvgIpc) is 2.85. The van der Waals surface area contributed by atoms with Gasteiger partial charge in [-0.1, -0.05) is 44.0 Å². The standard InChI is InChI=1S/C30H33F3O2/c1-3-34-29-14-8-21(17-27(29)32)5-4-16-35-30-15-12-24(19-28(30)33)23-11-13-25(26(31)18-23)22-9-6-20(2)7-10-22/h8,11-15,17-20,22H,3-7,9-10,16H2,1-2H3. The quantitative estimate of drug-likeness (QED) is 0.285. The molecule has 1 saturated carbocycles. The summed E-state index contributed by atoms with van der Waals surface area (Å²) in [6.07, 6.45) is 5.53. The van der Waals surface area contributed by atoms with Crippen molar-refractivity contribution in [3.05, 3.63) is 83.2 Å². The molecule has 1 aliphatic carbocycles. The Labute approximate surface area is 206 Å². The summed E-state index contributed by atoms with van der Waals surface area (Å²) in [4.78, 5) is 0. The van der Waals surface area contributed by atoms with Crippen LogP contribution in [0.1, 0.15) is 63.0 Å². The van der Waals surface area contributed by atoms with Gasteiger partial charge in [0.2, 0.25) is 0 Å². The fourth-order valence-corrected chi connectivity index (χ4v) is 4.84. The molecular formula is C30H33F3O2. The van der Waals surface area contributed by atoms with E-state index >= 15 is 0 Å². The Morgan fingerprint density at radius 3 is 2.03 bits per heavy atom. The molecule has 0 amide bonds. The Balaban J connectivity index is 1.33. The summed E-state index contributed by atoms with van der Waals surface area (Å²) in [5.41, 5.74) is 2.87. The molecule has 35 heavy (non-hydrogen) atoms. The van der Waals surface area contributed by atoms with Gasteiger partial charge in [0.15, 0.2) is 23.1 Å². The summed E-state index contributed by atoms with van der Waals surface area (Å²) in [6.45, 7) is 4.77. The number of hydrogen-bond acceptors (Lipinski definition) is 2. The molecule has 0 N–H and O–H groups in total. The highest BCUT2D eigenvalue weighted by molar-refractivity contribution is 5.65. The molecule has 0 unspecified atom stereocenters. The lowest BCUT2D eigenvalue weighted by atomic mass is 9.79. The van der Waals surface area contributed by atoms with Gasteiger partial charge >= 0.3 is 0 Å². The van der Waals surface area contributed by atoms with Crippen LogP contribution in [0.3, 0.4) is 0 Å². The first-order valence-electron chi connectivity index (χ1n) is 12.6. The van der Waals surface area contributed by atoms with E-state index in [-0.39, 0.29) is 29.1 Å². The molecule has 1 aliphatic rings. The molecule has 0 radical (unpaired) electrons. The summed E-state index contributed by atoms with van der Waals surface area (Å²) < 4.78 is 54.3. The molecule has 1 fully saturated rings. The van der Waals surface area contributed by atoms with Gasteiger partial charge in [-0.3, -0.25) is 0 Å². The molecule has 0 aromatic heterocycles. The number of ether oxygens (including phenoxy) is 2. The zero-order valence-corrected chi connectivity index (χ0v) is 20.5. The third-order valence-corrected chi connectivity index (χ3v) is 6.88. The van der Waals surface area contributed by atoms with Crippen LogP contribution in [0.25, 0.3) is 11.1 Å². The summed E-state index contributed by atoms with van der Waals surface area (Å²) in [7, 11) is 0. The largest absolute Gasteiger partial charge is 0.491 e. The fraction of sp³-hybridized carbons (Fsp3) is 0.400. The fourth-order valence-electron chi connectivity index (χ4n) is 4.84. The number of rotatable bonds is 9. The molecule has 0 atom stereocenters. The Morgan fingerprint density at radius 2 is 1.37 bits per heavy atom. The van der Waals surface area contributed by atoms with Crippen molar-refractivity contribution in [1.82, 2.24) is 0 Å². The van der Waals surface area contributed by atoms with Gasteiger partial charge in [-0.05, 0) is 97.0 Å². The molecule has 0 aliphatic heterocycles. The van der Waals surface area contributed by atoms with Crippen molar-refractivity contribution in [1.29, 1.82) is 0 Å². The summed E-state index contributed by atoms with van der Waals surface area (Å²) in [6, 6.07) is 14.9. The van der Waals surface area contributed by atoms with E-state index in [1.54, 1.807) is 18.2 Å². The Morgan fingerprint density at radius 1 is 0.743 bits per heavy atom. The van der Waals surface area contributed by atoms with Gasteiger partial charge in [0, 0.05) is 0 Å². The first-order valence-corrected chi connectivity index (χ1v) is 12.6. The van der Waals surface area contributed by atoms with Crippen molar-refractivity contribution in [2.45, 2.75) is 58.3 Å². The molecule has 2 nitrogen and oxygen atoms in total. The third-order valence-electron chi connectivity index (χ3n) is 6.88. The second kappa shape index (κ2) is 11.7. The van der Waals surface area contributed by atoms with Gasteiger partial charge in [0.1, 0.15) is 5.82 Å². The molecule has 3 aromatic carbocycles. The highest BCUT2D eigenvalue weighted by atomic mass is 19.1. The normalized spacial score (nSPS) is 17.9. The van der Waals surface area contributed by atoms with Crippen LogP contribution < -0.4 is 9.47 Å². The number of hydrogen-bond donors (Lipinski definition) is 0. The molecule has 5 heteroatoms. The number of aryl methyl sites for hydroxylation is 1. The Bertz CT molecular complexity index is 1140. The van der Waals surface area contributed by atoms with Crippen molar-refractivity contribution < 1.29 is 22.6 Å². The van der Waals surface area contributed by atoms with Crippen LogP contribution in [-0.2, 0) is 6.42 Å². The van der Waals surface area contributed by atoms with Gasteiger partial charge in [0.25, 0.3) is 0 Å². The molecule has 3 aromatic rings. The van der Waals surface area contributed by atoms with Crippen LogP contribution >= 0.6 is 0 Å². The second-order valence-electron chi connectivity index (χ2n) is 9.49. The lowest BCUT2D eigenvalue weighted by Gasteiger charge is -2.26. The van der Waals surface area contributed by atoms with Gasteiger partial charge in [-0.2, -0.15) is 0 Å². The van der Waals surface area contributed by atoms with Crippen LogP contribution in [-0.4, -0.2) is 13.2 Å². The van der Waals surface area contributed by atoms with Crippen molar-refractivity contribution in [2.24, 2.45) is 5.92 Å². The maximum Gasteiger partial charge on any atom is 0.165 e. The van der Waals surface area contributed by atoms with Crippen LogP contribution in [0.15, 0.2) is 54.6 Å². The van der Waals surface area contributed by atoms with Crippen LogP contribution in [0.5, 0.6) is 11.5 Å². The van der Waals surface area contributed by atoms with Crippen molar-refractivity contribution >= 4 is 0 Å². The zero-order chi connectivity index (χ0) is 24.8. The SMILES string of the molecule is CCOc1ccc(CCCOc2ccc(-c3ccc(C4CCC(C)CC4)c(F)c3)cc2F)cc1F. The molecule has 0 heterocycles. The van der Waals surface area contributed by atoms with Crippen LogP contribution in [0, 0.1) is 23.4 Å². The smallest absolute Gasteiger partial charge is 0.165 e. The van der Waals surface area contributed by atoms with E-state index in [2.05, 4.69) is 6.92 Å². The van der Waals surface area contributed by atoms with E-state index in [4.69, 9.17) is 9.47 Å². The lowest BCUT2D eigenvalue weighted by Crippen LogP contribution is -2.12. The van der Waals surface area contributed by atoms with E-state index in [1.165, 1.54) is 18.2 Å². The van der Waals surface area contributed by atoms with Gasteiger partial charge in [-0.25, -0.2) is 13.2 Å². The predicted molar refractivity (Wildman–Crippen MR) is 134 cm³/mol. The molecule has 0 spiro atoms. The van der Waals surface area contributed by atoms with Gasteiger partial charge in [-0.15, -0.1) is 0 Å². The highest BCUT2D eigenvalue weighted by Crippen LogP contribution is 2.38. The van der Waals surface area contributed by atoms with E-state index in [9.17, 15) is 13.2 Å². The number of halogens is 3. The zero-order valence-electron chi connectivity index (χ0n) is 20.5. The lowest BCUT2D eigenvalue weighted by molar-refractivity contribution is 0.295. The Kier molecular flexibility index (Phi) is 8.37. The van der Waals surface area contributed by atoms with E-state index < -0.39 is 5.82 Å². The molecular weight excluding hydrogens is 449 g/mol. The third kappa shape index (κ3) is 6.39. The maximum atomic E-state index is 14.9. The van der Waals surface area contributed by atoms with Crippen LogP contribution in [0.2, 0.25) is 0 Å². The van der Waals surface area contributed by atoms with Crippen molar-refractivity contribution in [3.63, 3.8) is 0 Å². The van der Waals surface area contributed by atoms with Crippen molar-refractivity contribution in [3.8, 4) is 22.6 Å². The molecule has 0 saturated heterocycles. The average molecular weight is 483 g/mol. The summed E-state index contributed by atoms with van der Waals surface area (Å²) in [5.74, 6) is 0.297. The number of benzene rings is 3. The summed E-state index contributed by atoms with van der Waals surface area (Å²) >= 11 is 0. The van der Waals surface area contributed by atoms with Crippen LogP contribution in [0.4, 0.5) is 13.2 Å². The van der Waals surface area contributed by atoms with Gasteiger partial charge < -0.3 is 9.47 Å². The van der Waals surface area contributed by atoms with E-state index in [0.29, 0.717) is 43.1 Å². The minimum atomic E-state index is -0.486. The minimum Gasteiger partial charge on any atom is -0.491 e. The van der Waals surface area contributed by atoms with E-state index in [0.717, 1.165) is 36.8 Å². The topological polar surface area (TPSA) is 18.5 Å². The first kappa shape index (κ1) is 25.2. The van der Waals surface area contributed by atoms with E-state index in [1.807, 2.05) is 25.1 Å². The molecule has 4 rings (SSSR count). The maximum absolute atomic E-state index is 14.9. The predicted octanol–water partition coefficient (Wildman–Crippen LogP) is 8.47. The Hall–Kier alpha value is -2.95. The van der Waals surface area contributed by atoms with Gasteiger partial charge in [0.05, 0.1) is 13.2 Å². The molecule has 0 bridgehead atoms. The highest BCUT2D eigenvalue weighted by Gasteiger charge is 2.22. The second-order valence-corrected chi connectivity index (χ2v) is 9.49. The first-order chi connectivity index (χ1) is 16.9. The van der Waals surface area contributed by atoms with Crippen molar-refractivity contribution in [2.75, 3.05) is 13.2 Å². The minimum absolute atomic E-state index is 0.153. The summed E-state index contributed by atoms with van der Waals surface area (Å²) in [5, 5.41) is 0.